The lowest BCUT2D eigenvalue weighted by Gasteiger charge is -2.06. The van der Waals surface area contributed by atoms with Gasteiger partial charge in [-0.15, -0.1) is 0 Å². The van der Waals surface area contributed by atoms with Crippen molar-refractivity contribution in [3.63, 3.8) is 0 Å². The van der Waals surface area contributed by atoms with Crippen molar-refractivity contribution >= 4 is 39.0 Å². The third kappa shape index (κ3) is 3.33. The molecular weight excluding hydrogens is 333 g/mol. The number of hydrogen-bond acceptors (Lipinski definition) is 2. The van der Waals surface area contributed by atoms with Gasteiger partial charge in [-0.05, 0) is 42.0 Å². The maximum absolute atomic E-state index is 13.6. The van der Waals surface area contributed by atoms with Crippen LogP contribution in [-0.2, 0) is 6.42 Å². The first kappa shape index (κ1) is 14.0. The standard InChI is InChI=1S/C14H10BrClFNO/c15-9-1-3-11(13(18)7-9)14(19)6-8-5-10(16)2-4-12(8)17/h1-5,7H,6,18H2. The average Bonchev–Trinajstić information content (AvgIpc) is 2.33. The molecule has 0 aliphatic rings. The van der Waals surface area contributed by atoms with Crippen LogP contribution < -0.4 is 5.73 Å². The summed E-state index contributed by atoms with van der Waals surface area (Å²) in [4.78, 5) is 12.1. The number of nitrogen functional groups attached to an aromatic ring is 1. The zero-order chi connectivity index (χ0) is 14.0. The normalized spacial score (nSPS) is 10.5. The van der Waals surface area contributed by atoms with Crippen LogP contribution in [0, 0.1) is 5.82 Å². The molecule has 0 fully saturated rings. The first-order chi connectivity index (χ1) is 8.97. The van der Waals surface area contributed by atoms with Crippen LogP contribution in [0.1, 0.15) is 15.9 Å². The smallest absolute Gasteiger partial charge is 0.169 e. The van der Waals surface area contributed by atoms with Gasteiger partial charge in [-0.1, -0.05) is 27.5 Å². The summed E-state index contributed by atoms with van der Waals surface area (Å²) in [5.74, 6) is -0.695. The number of benzene rings is 2. The fourth-order valence-corrected chi connectivity index (χ4v) is 2.31. The Bertz CT molecular complexity index is 645. The molecule has 0 aliphatic heterocycles. The summed E-state index contributed by atoms with van der Waals surface area (Å²) in [6, 6.07) is 9.11. The molecule has 98 valence electrons. The quantitative estimate of drug-likeness (QED) is 0.669. The van der Waals surface area contributed by atoms with Gasteiger partial charge < -0.3 is 5.73 Å². The van der Waals surface area contributed by atoms with Gasteiger partial charge in [-0.25, -0.2) is 4.39 Å². The van der Waals surface area contributed by atoms with Crippen molar-refractivity contribution in [2.24, 2.45) is 0 Å². The zero-order valence-corrected chi connectivity index (χ0v) is 12.1. The Labute approximate surface area is 123 Å². The topological polar surface area (TPSA) is 43.1 Å². The van der Waals surface area contributed by atoms with Crippen LogP contribution in [0.25, 0.3) is 0 Å². The van der Waals surface area contributed by atoms with E-state index in [9.17, 15) is 9.18 Å². The Morgan fingerprint density at radius 3 is 2.68 bits per heavy atom. The van der Waals surface area contributed by atoms with E-state index in [1.54, 1.807) is 18.2 Å². The molecular formula is C14H10BrClFNO. The number of hydrogen-bond donors (Lipinski definition) is 1. The molecule has 0 saturated heterocycles. The van der Waals surface area contributed by atoms with Gasteiger partial charge in [-0.2, -0.15) is 0 Å². The highest BCUT2D eigenvalue weighted by atomic mass is 79.9. The summed E-state index contributed by atoms with van der Waals surface area (Å²) in [6.07, 6.45) is -0.0712. The van der Waals surface area contributed by atoms with E-state index >= 15 is 0 Å². The Balaban J connectivity index is 2.28. The van der Waals surface area contributed by atoms with E-state index in [4.69, 9.17) is 17.3 Å². The van der Waals surface area contributed by atoms with Crippen LogP contribution >= 0.6 is 27.5 Å². The van der Waals surface area contributed by atoms with Gasteiger partial charge in [0, 0.05) is 27.2 Å². The van der Waals surface area contributed by atoms with Crippen LogP contribution in [0.2, 0.25) is 5.02 Å². The second kappa shape index (κ2) is 5.72. The Morgan fingerprint density at radius 2 is 2.00 bits per heavy atom. The number of Topliss-reactive ketones (excluding diaryl/α,β-unsaturated/α-hetero) is 1. The minimum absolute atomic E-state index is 0.0712. The number of anilines is 1. The van der Waals surface area contributed by atoms with Gasteiger partial charge in [-0.3, -0.25) is 4.79 Å². The Hall–Kier alpha value is -1.39. The third-order valence-corrected chi connectivity index (χ3v) is 3.40. The minimum atomic E-state index is -0.451. The van der Waals surface area contributed by atoms with Gasteiger partial charge in [0.15, 0.2) is 5.78 Å². The monoisotopic (exact) mass is 341 g/mol. The van der Waals surface area contributed by atoms with E-state index in [1.807, 2.05) is 0 Å². The molecule has 0 heterocycles. The summed E-state index contributed by atoms with van der Waals surface area (Å²) >= 11 is 9.05. The lowest BCUT2D eigenvalue weighted by atomic mass is 10.0. The molecule has 5 heteroatoms. The molecule has 2 aromatic carbocycles. The van der Waals surface area contributed by atoms with Crippen LogP contribution in [0.5, 0.6) is 0 Å². The molecule has 0 aromatic heterocycles. The molecule has 0 spiro atoms. The number of rotatable bonds is 3. The van der Waals surface area contributed by atoms with Crippen LogP contribution in [0.3, 0.4) is 0 Å². The first-order valence-corrected chi connectivity index (χ1v) is 6.66. The van der Waals surface area contributed by atoms with Crippen LogP contribution in [0.15, 0.2) is 40.9 Å². The zero-order valence-electron chi connectivity index (χ0n) is 9.79. The number of nitrogens with two attached hydrogens (primary N) is 1. The fourth-order valence-electron chi connectivity index (χ4n) is 1.73. The molecule has 2 aromatic rings. The lowest BCUT2D eigenvalue weighted by molar-refractivity contribution is 0.0992. The molecule has 2 N–H and O–H groups in total. The number of carbonyl (C=O) groups excluding carboxylic acids is 1. The number of carbonyl (C=O) groups is 1. The van der Waals surface area contributed by atoms with Crippen molar-refractivity contribution in [2.75, 3.05) is 5.73 Å². The predicted octanol–water partition coefficient (Wildman–Crippen LogP) is 4.25. The molecule has 0 bridgehead atoms. The van der Waals surface area contributed by atoms with E-state index in [-0.39, 0.29) is 17.8 Å². The summed E-state index contributed by atoms with van der Waals surface area (Å²) < 4.78 is 14.3. The van der Waals surface area contributed by atoms with Gasteiger partial charge >= 0.3 is 0 Å². The van der Waals surface area contributed by atoms with E-state index < -0.39 is 5.82 Å². The molecule has 19 heavy (non-hydrogen) atoms. The summed E-state index contributed by atoms with van der Waals surface area (Å²) in [5.41, 5.74) is 6.78. The maximum atomic E-state index is 13.6. The van der Waals surface area contributed by atoms with Crippen molar-refractivity contribution < 1.29 is 9.18 Å². The molecule has 0 atom stereocenters. The number of ketones is 1. The molecule has 0 aliphatic carbocycles. The fraction of sp³-hybridized carbons (Fsp3) is 0.0714. The van der Waals surface area contributed by atoms with E-state index in [0.29, 0.717) is 16.3 Å². The third-order valence-electron chi connectivity index (χ3n) is 2.67. The van der Waals surface area contributed by atoms with E-state index in [2.05, 4.69) is 15.9 Å². The van der Waals surface area contributed by atoms with Gasteiger partial charge in [0.1, 0.15) is 5.82 Å². The van der Waals surface area contributed by atoms with Gasteiger partial charge in [0.2, 0.25) is 0 Å². The first-order valence-electron chi connectivity index (χ1n) is 5.49. The highest BCUT2D eigenvalue weighted by molar-refractivity contribution is 9.10. The van der Waals surface area contributed by atoms with E-state index in [0.717, 1.165) is 4.47 Å². The SMILES string of the molecule is Nc1cc(Br)ccc1C(=O)Cc1cc(Cl)ccc1F. The van der Waals surface area contributed by atoms with Crippen molar-refractivity contribution in [3.05, 3.63) is 62.8 Å². The molecule has 0 amide bonds. The van der Waals surface area contributed by atoms with Crippen LogP contribution in [0.4, 0.5) is 10.1 Å². The summed E-state index contributed by atoms with van der Waals surface area (Å²) in [6.45, 7) is 0. The van der Waals surface area contributed by atoms with Gasteiger partial charge in [0.25, 0.3) is 0 Å². The van der Waals surface area contributed by atoms with Crippen molar-refractivity contribution in [1.82, 2.24) is 0 Å². The van der Waals surface area contributed by atoms with Crippen LogP contribution in [-0.4, -0.2) is 5.78 Å². The molecule has 0 saturated carbocycles. The molecule has 0 unspecified atom stereocenters. The maximum Gasteiger partial charge on any atom is 0.169 e. The van der Waals surface area contributed by atoms with Gasteiger partial charge in [0.05, 0.1) is 0 Å². The van der Waals surface area contributed by atoms with Crippen molar-refractivity contribution in [2.45, 2.75) is 6.42 Å². The van der Waals surface area contributed by atoms with Crippen molar-refractivity contribution in [3.8, 4) is 0 Å². The largest absolute Gasteiger partial charge is 0.398 e. The second-order valence-corrected chi connectivity index (χ2v) is 5.42. The highest BCUT2D eigenvalue weighted by Crippen LogP contribution is 2.22. The minimum Gasteiger partial charge on any atom is -0.398 e. The van der Waals surface area contributed by atoms with E-state index in [1.165, 1.54) is 18.2 Å². The predicted molar refractivity (Wildman–Crippen MR) is 78.0 cm³/mol. The number of halogens is 3. The summed E-state index contributed by atoms with van der Waals surface area (Å²) in [7, 11) is 0. The second-order valence-electron chi connectivity index (χ2n) is 4.07. The lowest BCUT2D eigenvalue weighted by Crippen LogP contribution is -2.08. The molecule has 0 radical (unpaired) electrons. The molecule has 2 rings (SSSR count). The Kier molecular flexibility index (Phi) is 4.22. The van der Waals surface area contributed by atoms with Crippen molar-refractivity contribution in [1.29, 1.82) is 0 Å². The molecule has 2 nitrogen and oxygen atoms in total. The summed E-state index contributed by atoms with van der Waals surface area (Å²) in [5, 5.41) is 0.396. The highest BCUT2D eigenvalue weighted by Gasteiger charge is 2.13. The Morgan fingerprint density at radius 1 is 1.26 bits per heavy atom. The average molecular weight is 343 g/mol.